The summed E-state index contributed by atoms with van der Waals surface area (Å²) in [6.45, 7) is -0.0992. The predicted molar refractivity (Wildman–Crippen MR) is 73.3 cm³/mol. The number of nitrogens with zero attached hydrogens (tertiary/aromatic N) is 1. The fraction of sp³-hybridized carbons (Fsp3) is 0.769. The molecule has 0 spiro atoms. The Hall–Kier alpha value is -1.79. The van der Waals surface area contributed by atoms with Crippen LogP contribution >= 0.6 is 0 Å². The van der Waals surface area contributed by atoms with Crippen LogP contribution in [0, 0.1) is 0 Å². The molecule has 7 nitrogen and oxygen atoms in total. The van der Waals surface area contributed by atoms with Crippen LogP contribution in [0.15, 0.2) is 0 Å². The molecule has 3 N–H and O–H groups in total. The van der Waals surface area contributed by atoms with Crippen LogP contribution in [0.25, 0.3) is 0 Å². The summed E-state index contributed by atoms with van der Waals surface area (Å²) in [7, 11) is 2.95. The Kier molecular flexibility index (Phi) is 5.79. The molecular weight excluding hydrogens is 262 g/mol. The molecule has 0 saturated heterocycles. The molecule has 0 aromatic rings. The van der Waals surface area contributed by atoms with Gasteiger partial charge in [0.25, 0.3) is 0 Å². The molecule has 1 aliphatic carbocycles. The van der Waals surface area contributed by atoms with Gasteiger partial charge in [0.05, 0.1) is 0 Å². The van der Waals surface area contributed by atoms with E-state index in [0.29, 0.717) is 12.8 Å². The van der Waals surface area contributed by atoms with Crippen molar-refractivity contribution in [1.82, 2.24) is 15.5 Å². The number of nitrogens with one attached hydrogen (secondary N) is 2. The molecule has 0 bridgehead atoms. The Morgan fingerprint density at radius 2 is 1.70 bits per heavy atom. The minimum atomic E-state index is -1.20. The third kappa shape index (κ3) is 4.11. The zero-order valence-corrected chi connectivity index (χ0v) is 12.1. The van der Waals surface area contributed by atoms with Gasteiger partial charge in [0, 0.05) is 14.1 Å². The largest absolute Gasteiger partial charge is 0.480 e. The van der Waals surface area contributed by atoms with E-state index >= 15 is 0 Å². The van der Waals surface area contributed by atoms with Crippen molar-refractivity contribution in [3.63, 3.8) is 0 Å². The number of aliphatic carboxylic acids is 1. The predicted octanol–water partition coefficient (Wildman–Crippen LogP) is 0.551. The monoisotopic (exact) mass is 285 g/mol. The first-order valence-electron chi connectivity index (χ1n) is 6.88. The minimum Gasteiger partial charge on any atom is -0.480 e. The van der Waals surface area contributed by atoms with E-state index < -0.39 is 17.5 Å². The fourth-order valence-corrected chi connectivity index (χ4v) is 2.39. The van der Waals surface area contributed by atoms with E-state index in [1.807, 2.05) is 0 Å². The van der Waals surface area contributed by atoms with Gasteiger partial charge in [-0.1, -0.05) is 25.7 Å². The molecule has 1 aliphatic rings. The van der Waals surface area contributed by atoms with Crippen LogP contribution in [0.3, 0.4) is 0 Å². The number of carbonyl (C=O) groups excluding carboxylic acids is 2. The van der Waals surface area contributed by atoms with E-state index in [2.05, 4.69) is 10.6 Å². The van der Waals surface area contributed by atoms with Crippen molar-refractivity contribution in [3.05, 3.63) is 0 Å². The summed E-state index contributed by atoms with van der Waals surface area (Å²) in [6, 6.07) is -0.530. The second kappa shape index (κ2) is 7.12. The number of likely N-dealkylation sites (N-methyl/N-ethyl adjacent to an activating group) is 2. The first kappa shape index (κ1) is 16.3. The third-order valence-electron chi connectivity index (χ3n) is 3.72. The summed E-state index contributed by atoms with van der Waals surface area (Å²) in [4.78, 5) is 36.0. The average molecular weight is 285 g/mol. The maximum absolute atomic E-state index is 12.1. The van der Waals surface area contributed by atoms with E-state index in [4.69, 9.17) is 0 Å². The molecule has 0 radical (unpaired) electrons. The highest BCUT2D eigenvalue weighted by Gasteiger charge is 2.40. The topological polar surface area (TPSA) is 98.7 Å². The molecule has 0 heterocycles. The highest BCUT2D eigenvalue weighted by molar-refractivity contribution is 5.88. The molecule has 1 fully saturated rings. The molecule has 0 atom stereocenters. The average Bonchev–Trinajstić information content (AvgIpc) is 2.65. The van der Waals surface area contributed by atoms with Crippen LogP contribution < -0.4 is 10.6 Å². The third-order valence-corrected chi connectivity index (χ3v) is 3.72. The number of amides is 3. The second-order valence-corrected chi connectivity index (χ2v) is 5.26. The summed E-state index contributed by atoms with van der Waals surface area (Å²) in [5, 5.41) is 14.5. The summed E-state index contributed by atoms with van der Waals surface area (Å²) in [5.74, 6) is -1.30. The van der Waals surface area contributed by atoms with Crippen molar-refractivity contribution in [1.29, 1.82) is 0 Å². The molecule has 7 heteroatoms. The van der Waals surface area contributed by atoms with Crippen molar-refractivity contribution >= 4 is 17.9 Å². The molecule has 0 unspecified atom stereocenters. The van der Waals surface area contributed by atoms with Gasteiger partial charge < -0.3 is 20.6 Å². The fourth-order valence-electron chi connectivity index (χ4n) is 2.39. The van der Waals surface area contributed by atoms with Crippen molar-refractivity contribution in [2.45, 2.75) is 44.1 Å². The highest BCUT2D eigenvalue weighted by Crippen LogP contribution is 2.27. The van der Waals surface area contributed by atoms with Crippen molar-refractivity contribution in [2.24, 2.45) is 0 Å². The number of hydrogen-bond donors (Lipinski definition) is 3. The number of carboxylic acids is 1. The molecule has 20 heavy (non-hydrogen) atoms. The minimum absolute atomic E-state index is 0.0992. The van der Waals surface area contributed by atoms with Crippen LogP contribution in [0.2, 0.25) is 0 Å². The Morgan fingerprint density at radius 1 is 1.15 bits per heavy atom. The molecule has 0 aromatic carbocycles. The van der Waals surface area contributed by atoms with Crippen LogP contribution in [0.1, 0.15) is 38.5 Å². The summed E-state index contributed by atoms with van der Waals surface area (Å²) in [5.41, 5.74) is -1.20. The lowest BCUT2D eigenvalue weighted by molar-refractivity contribution is -0.145. The van der Waals surface area contributed by atoms with E-state index in [1.165, 1.54) is 19.0 Å². The second-order valence-electron chi connectivity index (χ2n) is 5.26. The molecule has 114 valence electrons. The van der Waals surface area contributed by atoms with Gasteiger partial charge in [-0.15, -0.1) is 0 Å². The summed E-state index contributed by atoms with van der Waals surface area (Å²) >= 11 is 0. The van der Waals surface area contributed by atoms with Gasteiger partial charge in [0.15, 0.2) is 0 Å². The Labute approximate surface area is 118 Å². The molecule has 0 aliphatic heterocycles. The number of rotatable bonds is 4. The normalized spacial score (nSPS) is 17.7. The van der Waals surface area contributed by atoms with Crippen LogP contribution in [-0.2, 0) is 9.59 Å². The number of carboxylic acid groups (broad SMARTS) is 1. The smallest absolute Gasteiger partial charge is 0.329 e. The van der Waals surface area contributed by atoms with Gasteiger partial charge in [-0.05, 0) is 12.8 Å². The zero-order valence-electron chi connectivity index (χ0n) is 12.1. The maximum atomic E-state index is 12.1. The van der Waals surface area contributed by atoms with E-state index in [-0.39, 0.29) is 12.5 Å². The van der Waals surface area contributed by atoms with Gasteiger partial charge in [0.2, 0.25) is 5.91 Å². The van der Waals surface area contributed by atoms with Gasteiger partial charge >= 0.3 is 12.0 Å². The van der Waals surface area contributed by atoms with E-state index in [9.17, 15) is 19.5 Å². The lowest BCUT2D eigenvalue weighted by Crippen LogP contribution is -2.57. The number of urea groups is 1. The zero-order chi connectivity index (χ0) is 15.2. The molecule has 1 saturated carbocycles. The van der Waals surface area contributed by atoms with Gasteiger partial charge in [0.1, 0.15) is 12.1 Å². The summed E-state index contributed by atoms with van der Waals surface area (Å²) in [6.07, 6.45) is 4.40. The number of carbonyl (C=O) groups is 3. The van der Waals surface area contributed by atoms with Crippen molar-refractivity contribution in [2.75, 3.05) is 20.6 Å². The highest BCUT2D eigenvalue weighted by atomic mass is 16.4. The van der Waals surface area contributed by atoms with Gasteiger partial charge in [-0.2, -0.15) is 0 Å². The SMILES string of the molecule is CNC(=O)CN(C)C(=O)NC1(C(=O)O)CCCCCC1. The van der Waals surface area contributed by atoms with Crippen molar-refractivity contribution in [3.8, 4) is 0 Å². The lowest BCUT2D eigenvalue weighted by Gasteiger charge is -2.31. The maximum Gasteiger partial charge on any atom is 0.329 e. The lowest BCUT2D eigenvalue weighted by atomic mass is 9.90. The van der Waals surface area contributed by atoms with Crippen molar-refractivity contribution < 1.29 is 19.5 Å². The Bertz CT molecular complexity index is 376. The standard InChI is InChI=1S/C13H23N3O4/c1-14-10(17)9-16(2)12(20)15-13(11(18)19)7-5-3-4-6-8-13/h3-9H2,1-2H3,(H,14,17)(H,15,20)(H,18,19). The Morgan fingerprint density at radius 3 is 2.15 bits per heavy atom. The Balaban J connectivity index is 2.72. The van der Waals surface area contributed by atoms with Crippen LogP contribution in [-0.4, -0.2) is 54.1 Å². The quantitative estimate of drug-likeness (QED) is 0.657. The summed E-state index contributed by atoms with van der Waals surface area (Å²) < 4.78 is 0. The first-order valence-corrected chi connectivity index (χ1v) is 6.88. The number of hydrogen-bond acceptors (Lipinski definition) is 3. The van der Waals surface area contributed by atoms with Gasteiger partial charge in [-0.3, -0.25) is 4.79 Å². The first-order chi connectivity index (χ1) is 9.41. The molecular formula is C13H23N3O4. The van der Waals surface area contributed by atoms with Gasteiger partial charge in [-0.25, -0.2) is 9.59 Å². The van der Waals surface area contributed by atoms with E-state index in [1.54, 1.807) is 0 Å². The molecule has 0 aromatic heterocycles. The van der Waals surface area contributed by atoms with Crippen LogP contribution in [0.5, 0.6) is 0 Å². The van der Waals surface area contributed by atoms with E-state index in [0.717, 1.165) is 25.7 Å². The van der Waals surface area contributed by atoms with Crippen LogP contribution in [0.4, 0.5) is 4.79 Å². The molecule has 1 rings (SSSR count). The molecule has 3 amide bonds.